The van der Waals surface area contributed by atoms with Crippen molar-refractivity contribution in [2.45, 2.75) is 0 Å². The van der Waals surface area contributed by atoms with E-state index in [9.17, 15) is 24.4 Å². The first kappa shape index (κ1) is 15.1. The number of rotatable bonds is 4. The summed E-state index contributed by atoms with van der Waals surface area (Å²) in [4.78, 5) is 21.6. The van der Waals surface area contributed by atoms with Gasteiger partial charge in [-0.2, -0.15) is 5.10 Å². The van der Waals surface area contributed by atoms with E-state index < -0.39 is 28.1 Å². The second-order valence-electron chi connectivity index (χ2n) is 4.18. The zero-order valence-corrected chi connectivity index (χ0v) is 11.1. The van der Waals surface area contributed by atoms with Crippen LogP contribution < -0.4 is 5.43 Å². The lowest BCUT2D eigenvalue weighted by atomic mass is 10.2. The minimum Gasteiger partial charge on any atom is -0.502 e. The molecule has 0 aliphatic carbocycles. The van der Waals surface area contributed by atoms with Crippen LogP contribution in [0.25, 0.3) is 0 Å². The highest BCUT2D eigenvalue weighted by Crippen LogP contribution is 2.27. The SMILES string of the molecule is O=C(N/N=C/c1cccc([N+](=O)[O-])c1O)c1cccc(F)c1. The molecule has 22 heavy (non-hydrogen) atoms. The summed E-state index contributed by atoms with van der Waals surface area (Å²) in [7, 11) is 0. The van der Waals surface area contributed by atoms with Crippen LogP contribution in [-0.2, 0) is 0 Å². The molecule has 1 amide bonds. The van der Waals surface area contributed by atoms with Gasteiger partial charge in [0.05, 0.1) is 11.1 Å². The Bertz CT molecular complexity index is 762. The Labute approximate surface area is 123 Å². The highest BCUT2D eigenvalue weighted by atomic mass is 19.1. The van der Waals surface area contributed by atoms with Crippen LogP contribution in [0, 0.1) is 15.9 Å². The van der Waals surface area contributed by atoms with Gasteiger partial charge in [0.2, 0.25) is 5.75 Å². The van der Waals surface area contributed by atoms with Crippen molar-refractivity contribution in [1.29, 1.82) is 0 Å². The fourth-order valence-electron chi connectivity index (χ4n) is 1.65. The van der Waals surface area contributed by atoms with Gasteiger partial charge in [-0.25, -0.2) is 9.82 Å². The number of nitro benzene ring substituents is 1. The maximum absolute atomic E-state index is 13.0. The molecule has 0 fully saturated rings. The van der Waals surface area contributed by atoms with Crippen LogP contribution in [0.2, 0.25) is 0 Å². The molecule has 2 aromatic rings. The number of nitrogens with zero attached hydrogens (tertiary/aromatic N) is 2. The number of halogens is 1. The molecule has 0 aliphatic heterocycles. The molecule has 0 radical (unpaired) electrons. The highest BCUT2D eigenvalue weighted by molar-refractivity contribution is 5.95. The molecule has 0 heterocycles. The van der Waals surface area contributed by atoms with Crippen LogP contribution in [0.4, 0.5) is 10.1 Å². The number of phenolic OH excluding ortho intramolecular Hbond substituents is 1. The third kappa shape index (κ3) is 3.42. The number of para-hydroxylation sites is 1. The van der Waals surface area contributed by atoms with E-state index in [1.807, 2.05) is 0 Å². The van der Waals surface area contributed by atoms with Crippen molar-refractivity contribution < 1.29 is 19.2 Å². The fourth-order valence-corrected chi connectivity index (χ4v) is 1.65. The molecule has 2 rings (SSSR count). The van der Waals surface area contributed by atoms with Crippen molar-refractivity contribution in [1.82, 2.24) is 5.43 Å². The average molecular weight is 303 g/mol. The highest BCUT2D eigenvalue weighted by Gasteiger charge is 2.15. The monoisotopic (exact) mass is 303 g/mol. The minimum atomic E-state index is -0.738. The summed E-state index contributed by atoms with van der Waals surface area (Å²) in [5.41, 5.74) is 1.80. The molecule has 0 aliphatic rings. The summed E-state index contributed by atoms with van der Waals surface area (Å²) in [6.45, 7) is 0. The molecular formula is C14H10FN3O4. The summed E-state index contributed by atoms with van der Waals surface area (Å²) >= 11 is 0. The number of hydrogen-bond donors (Lipinski definition) is 2. The van der Waals surface area contributed by atoms with Gasteiger partial charge in [-0.3, -0.25) is 14.9 Å². The molecule has 0 saturated heterocycles. The van der Waals surface area contributed by atoms with Gasteiger partial charge < -0.3 is 5.11 Å². The number of nitrogens with one attached hydrogen (secondary N) is 1. The van der Waals surface area contributed by atoms with Crippen molar-refractivity contribution in [2.75, 3.05) is 0 Å². The lowest BCUT2D eigenvalue weighted by molar-refractivity contribution is -0.385. The van der Waals surface area contributed by atoms with Crippen LogP contribution in [0.3, 0.4) is 0 Å². The van der Waals surface area contributed by atoms with E-state index in [-0.39, 0.29) is 11.1 Å². The van der Waals surface area contributed by atoms with Gasteiger partial charge >= 0.3 is 5.69 Å². The summed E-state index contributed by atoms with van der Waals surface area (Å²) in [5.74, 6) is -1.77. The first-order valence-electron chi connectivity index (χ1n) is 6.04. The van der Waals surface area contributed by atoms with Crippen molar-refractivity contribution in [3.63, 3.8) is 0 Å². The Morgan fingerprint density at radius 1 is 1.32 bits per heavy atom. The van der Waals surface area contributed by atoms with Gasteiger partial charge in [-0.05, 0) is 24.3 Å². The van der Waals surface area contributed by atoms with Gasteiger partial charge in [0.25, 0.3) is 5.91 Å². The van der Waals surface area contributed by atoms with Crippen LogP contribution >= 0.6 is 0 Å². The van der Waals surface area contributed by atoms with Crippen LogP contribution in [-0.4, -0.2) is 22.2 Å². The van der Waals surface area contributed by atoms with E-state index in [1.165, 1.54) is 30.3 Å². The summed E-state index contributed by atoms with van der Waals surface area (Å²) in [6, 6.07) is 8.90. The average Bonchev–Trinajstić information content (AvgIpc) is 2.48. The first-order valence-corrected chi connectivity index (χ1v) is 6.04. The molecule has 0 aromatic heterocycles. The van der Waals surface area contributed by atoms with Crippen LogP contribution in [0.5, 0.6) is 5.75 Å². The number of phenols is 1. The first-order chi connectivity index (χ1) is 10.5. The third-order valence-electron chi connectivity index (χ3n) is 2.70. The van der Waals surface area contributed by atoms with Gasteiger partial charge in [0, 0.05) is 17.2 Å². The summed E-state index contributed by atoms with van der Waals surface area (Å²) in [5, 5.41) is 23.9. The Kier molecular flexibility index (Phi) is 4.42. The molecule has 8 heteroatoms. The molecule has 2 N–H and O–H groups in total. The standard InChI is InChI=1S/C14H10FN3O4/c15-11-5-1-3-9(7-11)14(20)17-16-8-10-4-2-6-12(13(10)19)18(21)22/h1-8,19H,(H,17,20)/b16-8+. The number of hydrazone groups is 1. The molecule has 112 valence electrons. The molecule has 0 atom stereocenters. The molecule has 7 nitrogen and oxygen atoms in total. The molecule has 0 unspecified atom stereocenters. The Morgan fingerprint density at radius 2 is 2.05 bits per heavy atom. The van der Waals surface area contributed by atoms with Gasteiger partial charge in [0.1, 0.15) is 5.82 Å². The van der Waals surface area contributed by atoms with Crippen LogP contribution in [0.15, 0.2) is 47.6 Å². The zero-order chi connectivity index (χ0) is 16.1. The third-order valence-corrected chi connectivity index (χ3v) is 2.70. The molecular weight excluding hydrogens is 293 g/mol. The number of carbonyl (C=O) groups is 1. The quantitative estimate of drug-likeness (QED) is 0.513. The molecule has 0 saturated carbocycles. The van der Waals surface area contributed by atoms with Crippen molar-refractivity contribution in [3.8, 4) is 5.75 Å². The van der Waals surface area contributed by atoms with E-state index in [0.29, 0.717) is 0 Å². The molecule has 2 aromatic carbocycles. The Hall–Kier alpha value is -3.29. The lowest BCUT2D eigenvalue weighted by Crippen LogP contribution is -2.17. The van der Waals surface area contributed by atoms with E-state index in [4.69, 9.17) is 0 Å². The van der Waals surface area contributed by atoms with Crippen molar-refractivity contribution in [2.24, 2.45) is 5.10 Å². The maximum Gasteiger partial charge on any atom is 0.311 e. The number of carbonyl (C=O) groups excluding carboxylic acids is 1. The number of nitro groups is 1. The van der Waals surface area contributed by atoms with Gasteiger partial charge in [-0.15, -0.1) is 0 Å². The second-order valence-corrected chi connectivity index (χ2v) is 4.18. The number of amides is 1. The van der Waals surface area contributed by atoms with E-state index in [2.05, 4.69) is 10.5 Å². The van der Waals surface area contributed by atoms with E-state index >= 15 is 0 Å². The summed E-state index contributed by atoms with van der Waals surface area (Å²) in [6.07, 6.45) is 1.06. The van der Waals surface area contributed by atoms with Crippen molar-refractivity contribution >= 4 is 17.8 Å². The fraction of sp³-hybridized carbons (Fsp3) is 0. The van der Waals surface area contributed by atoms with Crippen LogP contribution in [0.1, 0.15) is 15.9 Å². The minimum absolute atomic E-state index is 0.0637. The van der Waals surface area contributed by atoms with E-state index in [1.54, 1.807) is 0 Å². The van der Waals surface area contributed by atoms with E-state index in [0.717, 1.165) is 18.3 Å². The largest absolute Gasteiger partial charge is 0.502 e. The number of benzene rings is 2. The Morgan fingerprint density at radius 3 is 2.73 bits per heavy atom. The van der Waals surface area contributed by atoms with Gasteiger partial charge in [-0.1, -0.05) is 12.1 Å². The normalized spacial score (nSPS) is 10.6. The lowest BCUT2D eigenvalue weighted by Gasteiger charge is -2.01. The zero-order valence-electron chi connectivity index (χ0n) is 11.1. The number of hydrogen-bond acceptors (Lipinski definition) is 5. The maximum atomic E-state index is 13.0. The molecule has 0 spiro atoms. The predicted octanol–water partition coefficient (Wildman–Crippen LogP) is 2.20. The van der Waals surface area contributed by atoms with Crippen molar-refractivity contribution in [3.05, 3.63) is 69.5 Å². The second kappa shape index (κ2) is 6.44. The predicted molar refractivity (Wildman–Crippen MR) is 76.2 cm³/mol. The number of aromatic hydroxyl groups is 1. The molecule has 0 bridgehead atoms. The topological polar surface area (TPSA) is 105 Å². The van der Waals surface area contributed by atoms with Gasteiger partial charge in [0.15, 0.2) is 0 Å². The smallest absolute Gasteiger partial charge is 0.311 e. The summed E-state index contributed by atoms with van der Waals surface area (Å²) < 4.78 is 13.0. The Balaban J connectivity index is 2.12.